The van der Waals surface area contributed by atoms with Gasteiger partial charge in [-0.2, -0.15) is 0 Å². The first-order valence-electron chi connectivity index (χ1n) is 7.52. The lowest BCUT2D eigenvalue weighted by Gasteiger charge is -2.03. The van der Waals surface area contributed by atoms with Gasteiger partial charge in [-0.05, 0) is 24.3 Å². The van der Waals surface area contributed by atoms with Crippen LogP contribution in [0.25, 0.3) is 6.08 Å². The number of nitrogens with zero attached hydrogens (tertiary/aromatic N) is 2. The Labute approximate surface area is 148 Å². The number of carbonyl (C=O) groups is 1. The van der Waals surface area contributed by atoms with Crippen LogP contribution in [0.2, 0.25) is 0 Å². The quantitative estimate of drug-likeness (QED) is 0.354. The van der Waals surface area contributed by atoms with Crippen molar-refractivity contribution >= 4 is 23.6 Å². The Balaban J connectivity index is 1.99. The lowest BCUT2D eigenvalue weighted by molar-refractivity contribution is -0.385. The van der Waals surface area contributed by atoms with E-state index in [0.29, 0.717) is 16.9 Å². The van der Waals surface area contributed by atoms with E-state index in [2.05, 4.69) is 4.99 Å². The van der Waals surface area contributed by atoms with Crippen LogP contribution in [0.5, 0.6) is 11.5 Å². The number of nitro groups is 1. The summed E-state index contributed by atoms with van der Waals surface area (Å²) in [5, 5.41) is 11.1. The molecule has 8 heteroatoms. The molecule has 2 aromatic carbocycles. The van der Waals surface area contributed by atoms with Crippen LogP contribution in [-0.4, -0.2) is 31.0 Å². The van der Waals surface area contributed by atoms with Crippen LogP contribution in [0.1, 0.15) is 11.1 Å². The average Bonchev–Trinajstić information content (AvgIpc) is 3.02. The van der Waals surface area contributed by atoms with Gasteiger partial charge in [0, 0.05) is 17.2 Å². The molecule has 0 fully saturated rings. The first kappa shape index (κ1) is 17.2. The third-order valence-corrected chi connectivity index (χ3v) is 3.67. The maximum Gasteiger partial charge on any atom is 0.363 e. The maximum absolute atomic E-state index is 12.1. The molecule has 0 bridgehead atoms. The van der Waals surface area contributed by atoms with Crippen LogP contribution < -0.4 is 9.47 Å². The molecule has 0 atom stereocenters. The summed E-state index contributed by atoms with van der Waals surface area (Å²) in [6.07, 6.45) is 1.53. The van der Waals surface area contributed by atoms with E-state index in [9.17, 15) is 14.9 Å². The molecule has 0 saturated carbocycles. The second-order valence-corrected chi connectivity index (χ2v) is 5.22. The van der Waals surface area contributed by atoms with Crippen molar-refractivity contribution in [2.45, 2.75) is 0 Å². The Hall–Kier alpha value is -3.68. The molecule has 0 aromatic heterocycles. The normalized spacial score (nSPS) is 14.8. The number of cyclic esters (lactones) is 1. The minimum atomic E-state index is -0.649. The van der Waals surface area contributed by atoms with Gasteiger partial charge >= 0.3 is 11.7 Å². The van der Waals surface area contributed by atoms with E-state index in [1.165, 1.54) is 38.5 Å². The van der Waals surface area contributed by atoms with Crippen molar-refractivity contribution in [2.75, 3.05) is 14.2 Å². The highest BCUT2D eigenvalue weighted by Gasteiger charge is 2.26. The molecule has 3 rings (SSSR count). The van der Waals surface area contributed by atoms with Crippen LogP contribution >= 0.6 is 0 Å². The molecular weight excluding hydrogens is 340 g/mol. The van der Waals surface area contributed by atoms with Gasteiger partial charge in [-0.1, -0.05) is 18.2 Å². The topological polar surface area (TPSA) is 100 Å². The van der Waals surface area contributed by atoms with Crippen molar-refractivity contribution in [1.29, 1.82) is 0 Å². The fraction of sp³-hybridized carbons (Fsp3) is 0.111. The van der Waals surface area contributed by atoms with Gasteiger partial charge in [-0.15, -0.1) is 0 Å². The second kappa shape index (κ2) is 7.06. The lowest BCUT2D eigenvalue weighted by atomic mass is 10.1. The lowest BCUT2D eigenvalue weighted by Crippen LogP contribution is -2.06. The first-order valence-corrected chi connectivity index (χ1v) is 7.52. The standard InChI is InChI=1S/C18H14N2O6/c1-24-15-6-4-3-5-11(15)9-13-18(21)26-17(19-13)12-7-8-16(25-2)14(10-12)20(22)23/h3-10H,1-2H3/b13-9-. The van der Waals surface area contributed by atoms with Gasteiger partial charge in [-0.25, -0.2) is 9.79 Å². The Morgan fingerprint density at radius 1 is 1.12 bits per heavy atom. The van der Waals surface area contributed by atoms with Gasteiger partial charge in [0.2, 0.25) is 5.90 Å². The SMILES string of the molecule is COc1ccccc1/C=C1\N=C(c2ccc(OC)c([N+](=O)[O-])c2)OC1=O. The van der Waals surface area contributed by atoms with Gasteiger partial charge in [0.05, 0.1) is 19.1 Å². The maximum atomic E-state index is 12.1. The zero-order valence-electron chi connectivity index (χ0n) is 14.0. The average molecular weight is 354 g/mol. The Kier molecular flexibility index (Phi) is 4.66. The summed E-state index contributed by atoms with van der Waals surface area (Å²) in [6.45, 7) is 0. The Morgan fingerprint density at radius 3 is 2.54 bits per heavy atom. The van der Waals surface area contributed by atoms with E-state index in [4.69, 9.17) is 14.2 Å². The largest absolute Gasteiger partial charge is 0.496 e. The summed E-state index contributed by atoms with van der Waals surface area (Å²) in [5.41, 5.74) is 0.788. The predicted octanol–water partition coefficient (Wildman–Crippen LogP) is 2.96. The van der Waals surface area contributed by atoms with E-state index in [0.717, 1.165) is 0 Å². The van der Waals surface area contributed by atoms with Crippen molar-refractivity contribution in [3.8, 4) is 11.5 Å². The molecule has 1 aliphatic heterocycles. The molecule has 2 aromatic rings. The van der Waals surface area contributed by atoms with Crippen molar-refractivity contribution in [2.24, 2.45) is 4.99 Å². The first-order chi connectivity index (χ1) is 12.5. The minimum Gasteiger partial charge on any atom is -0.496 e. The number of methoxy groups -OCH3 is 2. The summed E-state index contributed by atoms with van der Waals surface area (Å²) in [4.78, 5) is 26.8. The minimum absolute atomic E-state index is 0.0121. The van der Waals surface area contributed by atoms with Gasteiger partial charge in [0.1, 0.15) is 5.75 Å². The molecule has 0 spiro atoms. The zero-order chi connectivity index (χ0) is 18.7. The van der Waals surface area contributed by atoms with Crippen molar-refractivity contribution < 1.29 is 23.9 Å². The highest BCUT2D eigenvalue weighted by molar-refractivity contribution is 6.13. The van der Waals surface area contributed by atoms with Crippen LogP contribution in [0.15, 0.2) is 53.2 Å². The van der Waals surface area contributed by atoms with Crippen LogP contribution in [0, 0.1) is 10.1 Å². The molecule has 0 aliphatic carbocycles. The molecular formula is C18H14N2O6. The number of hydrogen-bond donors (Lipinski definition) is 0. The molecule has 0 radical (unpaired) electrons. The fourth-order valence-electron chi connectivity index (χ4n) is 2.43. The molecule has 0 N–H and O–H groups in total. The Bertz CT molecular complexity index is 948. The van der Waals surface area contributed by atoms with Crippen molar-refractivity contribution in [1.82, 2.24) is 0 Å². The van der Waals surface area contributed by atoms with Crippen LogP contribution in [-0.2, 0) is 9.53 Å². The summed E-state index contributed by atoms with van der Waals surface area (Å²) < 4.78 is 15.3. The predicted molar refractivity (Wildman–Crippen MR) is 93.2 cm³/mol. The van der Waals surface area contributed by atoms with E-state index in [1.807, 2.05) is 0 Å². The number of para-hydroxylation sites is 1. The highest BCUT2D eigenvalue weighted by Crippen LogP contribution is 2.30. The summed E-state index contributed by atoms with van der Waals surface area (Å²) in [5.74, 6) is 0.0243. The van der Waals surface area contributed by atoms with Crippen molar-refractivity contribution in [3.05, 3.63) is 69.4 Å². The monoisotopic (exact) mass is 354 g/mol. The van der Waals surface area contributed by atoms with E-state index >= 15 is 0 Å². The number of carbonyl (C=O) groups excluding carboxylic acids is 1. The number of hydrogen-bond acceptors (Lipinski definition) is 7. The van der Waals surface area contributed by atoms with E-state index in [1.54, 1.807) is 24.3 Å². The second-order valence-electron chi connectivity index (χ2n) is 5.22. The molecule has 26 heavy (non-hydrogen) atoms. The molecule has 0 saturated heterocycles. The zero-order valence-corrected chi connectivity index (χ0v) is 14.0. The summed E-state index contributed by atoms with van der Waals surface area (Å²) in [7, 11) is 2.86. The third kappa shape index (κ3) is 3.25. The number of ether oxygens (including phenoxy) is 3. The van der Waals surface area contributed by atoms with E-state index in [-0.39, 0.29) is 23.0 Å². The summed E-state index contributed by atoms with van der Waals surface area (Å²) >= 11 is 0. The highest BCUT2D eigenvalue weighted by atomic mass is 16.6. The van der Waals surface area contributed by atoms with Crippen molar-refractivity contribution in [3.63, 3.8) is 0 Å². The molecule has 8 nitrogen and oxygen atoms in total. The summed E-state index contributed by atoms with van der Waals surface area (Å²) in [6, 6.07) is 11.3. The van der Waals surface area contributed by atoms with Crippen LogP contribution in [0.4, 0.5) is 5.69 Å². The molecule has 0 amide bonds. The van der Waals surface area contributed by atoms with Gasteiger partial charge < -0.3 is 14.2 Å². The van der Waals surface area contributed by atoms with Gasteiger partial charge in [0.15, 0.2) is 11.4 Å². The number of rotatable bonds is 5. The number of esters is 1. The van der Waals surface area contributed by atoms with Gasteiger partial charge in [0.25, 0.3) is 0 Å². The smallest absolute Gasteiger partial charge is 0.363 e. The Morgan fingerprint density at radius 2 is 1.85 bits per heavy atom. The third-order valence-electron chi connectivity index (χ3n) is 3.67. The molecule has 1 heterocycles. The van der Waals surface area contributed by atoms with Gasteiger partial charge in [-0.3, -0.25) is 10.1 Å². The molecule has 1 aliphatic rings. The molecule has 132 valence electrons. The fourth-order valence-corrected chi connectivity index (χ4v) is 2.43. The number of nitro benzene ring substituents is 1. The van der Waals surface area contributed by atoms with E-state index < -0.39 is 10.9 Å². The number of benzene rings is 2. The number of aliphatic imine (C=N–C) groups is 1. The van der Waals surface area contributed by atoms with Crippen LogP contribution in [0.3, 0.4) is 0 Å². The molecule has 0 unspecified atom stereocenters.